The van der Waals surface area contributed by atoms with Crippen LogP contribution in [0.4, 0.5) is 24.7 Å². The van der Waals surface area contributed by atoms with E-state index >= 15 is 0 Å². The average molecular weight is 419 g/mol. The Morgan fingerprint density at radius 2 is 2.00 bits per heavy atom. The minimum absolute atomic E-state index is 0.165. The lowest BCUT2D eigenvalue weighted by Crippen LogP contribution is -2.39. The van der Waals surface area contributed by atoms with Gasteiger partial charge >= 0.3 is 0 Å². The first-order chi connectivity index (χ1) is 14.0. The zero-order chi connectivity index (χ0) is 21.8. The van der Waals surface area contributed by atoms with Gasteiger partial charge in [-0.1, -0.05) is 26.8 Å². The van der Waals surface area contributed by atoms with Crippen molar-refractivity contribution in [1.82, 2.24) is 4.98 Å². The summed E-state index contributed by atoms with van der Waals surface area (Å²) in [5, 5.41) is 12.5. The number of carbonyl (C=O) groups is 1. The molecule has 1 fully saturated rings. The maximum absolute atomic E-state index is 14.8. The molecule has 0 bridgehead atoms. The predicted octanol–water partition coefficient (Wildman–Crippen LogP) is 3.97. The number of pyridine rings is 1. The molecule has 2 N–H and O–H groups in total. The molecule has 2 aliphatic rings. The van der Waals surface area contributed by atoms with Gasteiger partial charge < -0.3 is 15.3 Å². The second-order valence-corrected chi connectivity index (χ2v) is 9.20. The third-order valence-corrected chi connectivity index (χ3v) is 5.74. The lowest BCUT2D eigenvalue weighted by Gasteiger charge is -2.31. The van der Waals surface area contributed by atoms with Gasteiger partial charge in [-0.2, -0.15) is 0 Å². The standard InChI is InChI=1S/C22H24F3N3O2/c1-22(2,3)19(29)21(30)27-20-16(25)8-17-18(26-20)14-6-12(14)10-28(17)9-11-4-5-13(23)7-15(11)24/h4-5,7-8,12,14,19,29H,6,9-10H2,1-3H3,(H,26,27,30)/t12-,14?,19+/m1/s1. The van der Waals surface area contributed by atoms with E-state index in [1.54, 1.807) is 20.8 Å². The minimum Gasteiger partial charge on any atom is -0.383 e. The number of rotatable bonds is 4. The van der Waals surface area contributed by atoms with Crippen molar-refractivity contribution in [3.8, 4) is 0 Å². The third-order valence-electron chi connectivity index (χ3n) is 5.74. The van der Waals surface area contributed by atoms with E-state index in [-0.39, 0.29) is 18.3 Å². The molecule has 4 rings (SSSR count). The van der Waals surface area contributed by atoms with E-state index in [1.807, 2.05) is 4.90 Å². The second-order valence-electron chi connectivity index (χ2n) is 9.20. The maximum atomic E-state index is 14.8. The van der Waals surface area contributed by atoms with Gasteiger partial charge in [0.05, 0.1) is 11.4 Å². The SMILES string of the molecule is CC(C)(C)[C@@H](O)C(=O)Nc1nc2c(cc1F)N(Cc1ccc(F)cc1F)C[C@H]1CC21. The summed E-state index contributed by atoms with van der Waals surface area (Å²) in [5.41, 5.74) is 0.805. The van der Waals surface area contributed by atoms with E-state index in [4.69, 9.17) is 0 Å². The van der Waals surface area contributed by atoms with E-state index in [0.717, 1.165) is 12.5 Å². The fraction of sp³-hybridized carbons (Fsp3) is 0.455. The Morgan fingerprint density at radius 1 is 1.27 bits per heavy atom. The Labute approximate surface area is 172 Å². The summed E-state index contributed by atoms with van der Waals surface area (Å²) >= 11 is 0. The molecular formula is C22H24F3N3O2. The van der Waals surface area contributed by atoms with Crippen molar-refractivity contribution in [2.45, 2.75) is 45.8 Å². The number of hydrogen-bond donors (Lipinski definition) is 2. The number of aromatic nitrogens is 1. The molecule has 1 aliphatic heterocycles. The number of amides is 1. The predicted molar refractivity (Wildman–Crippen MR) is 107 cm³/mol. The summed E-state index contributed by atoms with van der Waals surface area (Å²) in [6.45, 7) is 5.90. The lowest BCUT2D eigenvalue weighted by atomic mass is 9.88. The van der Waals surface area contributed by atoms with Gasteiger partial charge in [0.25, 0.3) is 5.91 Å². The molecule has 1 aromatic carbocycles. The number of nitrogens with one attached hydrogen (secondary N) is 1. The fourth-order valence-corrected chi connectivity index (χ4v) is 3.86. The Hall–Kier alpha value is -2.61. The first kappa shape index (κ1) is 20.7. The number of halogens is 3. The number of aliphatic hydroxyl groups excluding tert-OH is 1. The highest BCUT2D eigenvalue weighted by Crippen LogP contribution is 2.54. The van der Waals surface area contributed by atoms with Gasteiger partial charge in [0, 0.05) is 36.7 Å². The number of benzene rings is 1. The monoisotopic (exact) mass is 419 g/mol. The second kappa shape index (κ2) is 7.27. The molecule has 2 aromatic rings. The third kappa shape index (κ3) is 3.88. The first-order valence-corrected chi connectivity index (χ1v) is 9.93. The topological polar surface area (TPSA) is 65.5 Å². The molecular weight excluding hydrogens is 395 g/mol. The Bertz CT molecular complexity index is 1010. The molecule has 0 spiro atoms. The van der Waals surface area contributed by atoms with E-state index < -0.39 is 34.9 Å². The van der Waals surface area contributed by atoms with E-state index in [0.29, 0.717) is 29.4 Å². The normalized spacial score (nSPS) is 21.0. The van der Waals surface area contributed by atoms with E-state index in [1.165, 1.54) is 18.2 Å². The van der Waals surface area contributed by atoms with Gasteiger partial charge in [-0.3, -0.25) is 4.79 Å². The molecule has 1 aliphatic carbocycles. The lowest BCUT2D eigenvalue weighted by molar-refractivity contribution is -0.129. The van der Waals surface area contributed by atoms with Gasteiger partial charge in [0.15, 0.2) is 11.6 Å². The summed E-state index contributed by atoms with van der Waals surface area (Å²) < 4.78 is 42.1. The van der Waals surface area contributed by atoms with Crippen LogP contribution in [0.15, 0.2) is 24.3 Å². The smallest absolute Gasteiger partial charge is 0.254 e. The van der Waals surface area contributed by atoms with Crippen LogP contribution in [0.2, 0.25) is 0 Å². The number of carbonyl (C=O) groups excluding carboxylic acids is 1. The molecule has 160 valence electrons. The summed E-state index contributed by atoms with van der Waals surface area (Å²) in [6.07, 6.45) is -0.437. The van der Waals surface area contributed by atoms with Crippen LogP contribution < -0.4 is 10.2 Å². The van der Waals surface area contributed by atoms with Crippen molar-refractivity contribution in [2.75, 3.05) is 16.8 Å². The van der Waals surface area contributed by atoms with Crippen molar-refractivity contribution >= 4 is 17.4 Å². The highest BCUT2D eigenvalue weighted by atomic mass is 19.1. The molecule has 1 amide bonds. The van der Waals surface area contributed by atoms with Crippen molar-refractivity contribution in [1.29, 1.82) is 0 Å². The highest BCUT2D eigenvalue weighted by molar-refractivity contribution is 5.94. The Kier molecular flexibility index (Phi) is 5.00. The molecule has 30 heavy (non-hydrogen) atoms. The number of anilines is 2. The van der Waals surface area contributed by atoms with Gasteiger partial charge in [-0.05, 0) is 23.8 Å². The Balaban J connectivity index is 1.61. The summed E-state index contributed by atoms with van der Waals surface area (Å²) in [6, 6.07) is 4.70. The van der Waals surface area contributed by atoms with Crippen LogP contribution in [0.25, 0.3) is 0 Å². The summed E-state index contributed by atoms with van der Waals surface area (Å²) in [4.78, 5) is 18.5. The number of fused-ring (bicyclic) bond motifs is 3. The largest absolute Gasteiger partial charge is 0.383 e. The number of hydrogen-bond acceptors (Lipinski definition) is 4. The van der Waals surface area contributed by atoms with Crippen LogP contribution in [0.1, 0.15) is 44.4 Å². The van der Waals surface area contributed by atoms with Crippen LogP contribution in [-0.4, -0.2) is 28.6 Å². The summed E-state index contributed by atoms with van der Waals surface area (Å²) in [7, 11) is 0. The summed E-state index contributed by atoms with van der Waals surface area (Å²) in [5.74, 6) is -2.48. The van der Waals surface area contributed by atoms with Crippen molar-refractivity contribution in [3.63, 3.8) is 0 Å². The van der Waals surface area contributed by atoms with Crippen molar-refractivity contribution < 1.29 is 23.1 Å². The molecule has 8 heteroatoms. The number of aliphatic hydroxyl groups is 1. The zero-order valence-electron chi connectivity index (χ0n) is 17.0. The molecule has 3 atom stereocenters. The molecule has 0 saturated heterocycles. The van der Waals surface area contributed by atoms with Gasteiger partial charge in [0.1, 0.15) is 17.7 Å². The average Bonchev–Trinajstić information content (AvgIpc) is 3.43. The van der Waals surface area contributed by atoms with Crippen LogP contribution >= 0.6 is 0 Å². The van der Waals surface area contributed by atoms with E-state index in [2.05, 4.69) is 10.3 Å². The van der Waals surface area contributed by atoms with Crippen LogP contribution in [0.3, 0.4) is 0 Å². The molecule has 5 nitrogen and oxygen atoms in total. The quantitative estimate of drug-likeness (QED) is 0.787. The fourth-order valence-electron chi connectivity index (χ4n) is 3.86. The first-order valence-electron chi connectivity index (χ1n) is 9.93. The zero-order valence-corrected chi connectivity index (χ0v) is 17.0. The van der Waals surface area contributed by atoms with Gasteiger partial charge in [-0.25, -0.2) is 18.2 Å². The molecule has 1 saturated carbocycles. The van der Waals surface area contributed by atoms with Crippen molar-refractivity contribution in [2.24, 2.45) is 11.3 Å². The van der Waals surface area contributed by atoms with Gasteiger partial charge in [0.2, 0.25) is 0 Å². The molecule has 1 aromatic heterocycles. The molecule has 2 heterocycles. The maximum Gasteiger partial charge on any atom is 0.254 e. The Morgan fingerprint density at radius 3 is 2.67 bits per heavy atom. The highest BCUT2D eigenvalue weighted by Gasteiger charge is 2.47. The number of nitrogens with zero attached hydrogens (tertiary/aromatic N) is 2. The van der Waals surface area contributed by atoms with Crippen LogP contribution in [0, 0.1) is 28.8 Å². The van der Waals surface area contributed by atoms with E-state index in [9.17, 15) is 23.1 Å². The van der Waals surface area contributed by atoms with Gasteiger partial charge in [-0.15, -0.1) is 0 Å². The molecule has 1 unspecified atom stereocenters. The minimum atomic E-state index is -1.32. The van der Waals surface area contributed by atoms with Crippen molar-refractivity contribution in [3.05, 3.63) is 53.0 Å². The van der Waals surface area contributed by atoms with Crippen LogP contribution in [0.5, 0.6) is 0 Å². The molecule has 0 radical (unpaired) electrons. The van der Waals surface area contributed by atoms with Crippen LogP contribution in [-0.2, 0) is 11.3 Å².